The molecule has 0 aromatic carbocycles. The van der Waals surface area contributed by atoms with E-state index in [1.807, 2.05) is 0 Å². The van der Waals surface area contributed by atoms with E-state index in [1.54, 1.807) is 0 Å². The molecule has 0 bridgehead atoms. The van der Waals surface area contributed by atoms with Crippen molar-refractivity contribution in [2.24, 2.45) is 4.99 Å². The highest BCUT2D eigenvalue weighted by Gasteiger charge is 2.22. The second-order valence-electron chi connectivity index (χ2n) is 2.60. The fourth-order valence-electron chi connectivity index (χ4n) is 1.08. The molecule has 0 radical (unpaired) electrons. The van der Waals surface area contributed by atoms with Crippen LogP contribution in [0.4, 0.5) is 0 Å². The summed E-state index contributed by atoms with van der Waals surface area (Å²) in [5, 5.41) is 2.28. The molecule has 0 N–H and O–H groups in total. The largest absolute Gasteiger partial charge is 0.229 e. The monoisotopic (exact) mass is 191 g/mol. The minimum absolute atomic E-state index is 0.0935. The number of isothiocyanates is 1. The van der Waals surface area contributed by atoms with Gasteiger partial charge in [0.05, 0.1) is 22.7 Å². The average molecular weight is 191 g/mol. The molecule has 1 rings (SSSR count). The van der Waals surface area contributed by atoms with Crippen LogP contribution < -0.4 is 0 Å². The molecule has 1 heterocycles. The summed E-state index contributed by atoms with van der Waals surface area (Å²) < 4.78 is 21.8. The number of sulfone groups is 1. The first-order chi connectivity index (χ1) is 5.14. The van der Waals surface area contributed by atoms with Crippen LogP contribution in [0.3, 0.4) is 0 Å². The molecule has 1 saturated heterocycles. The van der Waals surface area contributed by atoms with E-state index in [0.717, 1.165) is 0 Å². The minimum atomic E-state index is -2.76. The molecular formula is C6H9NO2S2. The molecule has 11 heavy (non-hydrogen) atoms. The Morgan fingerprint density at radius 1 is 1.36 bits per heavy atom. The van der Waals surface area contributed by atoms with Crippen LogP contribution >= 0.6 is 12.2 Å². The van der Waals surface area contributed by atoms with E-state index >= 15 is 0 Å². The molecule has 62 valence electrons. The van der Waals surface area contributed by atoms with Crippen molar-refractivity contribution in [3.05, 3.63) is 0 Å². The van der Waals surface area contributed by atoms with E-state index < -0.39 is 9.84 Å². The topological polar surface area (TPSA) is 46.5 Å². The lowest BCUT2D eigenvalue weighted by Crippen LogP contribution is -2.25. The maximum Gasteiger partial charge on any atom is 0.150 e. The Kier molecular flexibility index (Phi) is 2.76. The third-order valence-electron chi connectivity index (χ3n) is 1.76. The fourth-order valence-corrected chi connectivity index (χ4v) is 2.70. The van der Waals surface area contributed by atoms with Gasteiger partial charge < -0.3 is 0 Å². The van der Waals surface area contributed by atoms with Crippen LogP contribution in [-0.4, -0.2) is 31.1 Å². The summed E-state index contributed by atoms with van der Waals surface area (Å²) in [6.07, 6.45) is 1.21. The van der Waals surface area contributed by atoms with Crippen LogP contribution in [0.15, 0.2) is 4.99 Å². The van der Waals surface area contributed by atoms with Crippen molar-refractivity contribution >= 4 is 27.2 Å². The van der Waals surface area contributed by atoms with Gasteiger partial charge in [0, 0.05) is 0 Å². The summed E-state index contributed by atoms with van der Waals surface area (Å²) in [5.41, 5.74) is 0. The number of thiocarbonyl (C=S) groups is 1. The summed E-state index contributed by atoms with van der Waals surface area (Å²) >= 11 is 4.42. The predicted octanol–water partition coefficient (Wildman–Crippen LogP) is 0.666. The summed E-state index contributed by atoms with van der Waals surface area (Å²) in [5.74, 6) is 0.496. The summed E-state index contributed by atoms with van der Waals surface area (Å²) in [7, 11) is -2.76. The second kappa shape index (κ2) is 3.43. The first-order valence-electron chi connectivity index (χ1n) is 3.41. The van der Waals surface area contributed by atoms with Gasteiger partial charge in [-0.3, -0.25) is 0 Å². The molecular weight excluding hydrogens is 182 g/mol. The highest BCUT2D eigenvalue weighted by Crippen LogP contribution is 2.14. The number of rotatable bonds is 1. The highest BCUT2D eigenvalue weighted by molar-refractivity contribution is 7.91. The Morgan fingerprint density at radius 3 is 2.36 bits per heavy atom. The lowest BCUT2D eigenvalue weighted by atomic mass is 10.2. The van der Waals surface area contributed by atoms with Crippen molar-refractivity contribution in [1.29, 1.82) is 0 Å². The molecule has 0 aliphatic carbocycles. The molecule has 1 aliphatic heterocycles. The molecule has 5 heteroatoms. The van der Waals surface area contributed by atoms with Gasteiger partial charge in [-0.2, -0.15) is 0 Å². The van der Waals surface area contributed by atoms with Gasteiger partial charge in [0.15, 0.2) is 0 Å². The number of nitrogens with zero attached hydrogens (tertiary/aromatic N) is 1. The van der Waals surface area contributed by atoms with Gasteiger partial charge in [-0.25, -0.2) is 13.4 Å². The molecule has 1 aliphatic rings. The van der Waals surface area contributed by atoms with E-state index in [2.05, 4.69) is 22.4 Å². The molecule has 0 amide bonds. The number of hydrogen-bond donors (Lipinski definition) is 0. The summed E-state index contributed by atoms with van der Waals surface area (Å²) in [6, 6.07) is 0.0935. The van der Waals surface area contributed by atoms with Crippen LogP contribution in [0.1, 0.15) is 12.8 Å². The molecule has 3 nitrogen and oxygen atoms in total. The zero-order valence-electron chi connectivity index (χ0n) is 5.99. The predicted molar refractivity (Wildman–Crippen MR) is 46.7 cm³/mol. The molecule has 0 atom stereocenters. The Balaban J connectivity index is 2.55. The van der Waals surface area contributed by atoms with Gasteiger partial charge in [-0.05, 0) is 25.1 Å². The SMILES string of the molecule is O=S1(=O)CCC(N=C=S)CC1. The Labute approximate surface area is 71.4 Å². The molecule has 0 spiro atoms. The van der Waals surface area contributed by atoms with Crippen LogP contribution in [0.2, 0.25) is 0 Å². The van der Waals surface area contributed by atoms with E-state index in [4.69, 9.17) is 0 Å². The minimum Gasteiger partial charge on any atom is -0.229 e. The van der Waals surface area contributed by atoms with Gasteiger partial charge in [-0.15, -0.1) is 0 Å². The van der Waals surface area contributed by atoms with Gasteiger partial charge >= 0.3 is 0 Å². The quantitative estimate of drug-likeness (QED) is 0.452. The molecule has 0 aromatic heterocycles. The highest BCUT2D eigenvalue weighted by atomic mass is 32.2. The maximum atomic E-state index is 10.9. The van der Waals surface area contributed by atoms with Gasteiger partial charge in [-0.1, -0.05) is 0 Å². The fraction of sp³-hybridized carbons (Fsp3) is 0.833. The smallest absolute Gasteiger partial charge is 0.150 e. The van der Waals surface area contributed by atoms with Gasteiger partial charge in [0.2, 0.25) is 0 Å². The van der Waals surface area contributed by atoms with Crippen molar-refractivity contribution < 1.29 is 8.42 Å². The first-order valence-corrected chi connectivity index (χ1v) is 5.64. The van der Waals surface area contributed by atoms with Gasteiger partial charge in [0.1, 0.15) is 9.84 Å². The van der Waals surface area contributed by atoms with E-state index in [1.165, 1.54) is 0 Å². The van der Waals surface area contributed by atoms with Crippen molar-refractivity contribution in [2.75, 3.05) is 11.5 Å². The van der Waals surface area contributed by atoms with Crippen molar-refractivity contribution in [2.45, 2.75) is 18.9 Å². The molecule has 0 saturated carbocycles. The van der Waals surface area contributed by atoms with E-state index in [0.29, 0.717) is 12.8 Å². The zero-order chi connectivity index (χ0) is 8.32. The van der Waals surface area contributed by atoms with Crippen LogP contribution in [0, 0.1) is 0 Å². The lowest BCUT2D eigenvalue weighted by Gasteiger charge is -2.16. The van der Waals surface area contributed by atoms with Crippen LogP contribution in [-0.2, 0) is 9.84 Å². The van der Waals surface area contributed by atoms with Crippen molar-refractivity contribution in [3.8, 4) is 0 Å². The van der Waals surface area contributed by atoms with E-state index in [-0.39, 0.29) is 17.5 Å². The zero-order valence-corrected chi connectivity index (χ0v) is 7.62. The standard InChI is InChI=1S/C6H9NO2S2/c8-11(9)3-1-6(2-4-11)7-5-10/h6H,1-4H2. The lowest BCUT2D eigenvalue weighted by molar-refractivity contribution is 0.549. The third kappa shape index (κ3) is 2.69. The Morgan fingerprint density at radius 2 is 1.91 bits per heavy atom. The number of hydrogen-bond acceptors (Lipinski definition) is 4. The van der Waals surface area contributed by atoms with Crippen LogP contribution in [0.25, 0.3) is 0 Å². The summed E-state index contributed by atoms with van der Waals surface area (Å²) in [6.45, 7) is 0. The molecule has 0 aromatic rings. The average Bonchev–Trinajstić information content (AvgIpc) is 1.94. The van der Waals surface area contributed by atoms with E-state index in [9.17, 15) is 8.42 Å². The Hall–Kier alpha value is -0.250. The number of aliphatic imine (C=N–C) groups is 1. The van der Waals surface area contributed by atoms with Crippen molar-refractivity contribution in [3.63, 3.8) is 0 Å². The normalized spacial score (nSPS) is 24.0. The second-order valence-corrected chi connectivity index (χ2v) is 5.09. The third-order valence-corrected chi connectivity index (χ3v) is 3.58. The Bertz CT molecular complexity index is 263. The van der Waals surface area contributed by atoms with Crippen molar-refractivity contribution in [1.82, 2.24) is 0 Å². The first kappa shape index (κ1) is 8.84. The maximum absolute atomic E-state index is 10.9. The van der Waals surface area contributed by atoms with Crippen LogP contribution in [0.5, 0.6) is 0 Å². The molecule has 0 unspecified atom stereocenters. The van der Waals surface area contributed by atoms with Gasteiger partial charge in [0.25, 0.3) is 0 Å². The summed E-state index contributed by atoms with van der Waals surface area (Å²) in [4.78, 5) is 3.85. The molecule has 1 fully saturated rings.